The molecular weight excluding hydrogens is 214 g/mol. The monoisotopic (exact) mass is 239 g/mol. The van der Waals surface area contributed by atoms with Gasteiger partial charge in [0.2, 0.25) is 5.91 Å². The minimum Gasteiger partial charge on any atom is -0.377 e. The van der Waals surface area contributed by atoms with Crippen LogP contribution in [0.5, 0.6) is 0 Å². The number of unbranched alkanes of at least 4 members (excludes halogenated alkanes) is 3. The van der Waals surface area contributed by atoms with Crippen LogP contribution in [0.2, 0.25) is 0 Å². The van der Waals surface area contributed by atoms with Gasteiger partial charge in [-0.15, -0.1) is 0 Å². The maximum atomic E-state index is 12.4. The van der Waals surface area contributed by atoms with Gasteiger partial charge in [-0.3, -0.25) is 4.79 Å². The van der Waals surface area contributed by atoms with Gasteiger partial charge < -0.3 is 9.64 Å². The lowest BCUT2D eigenvalue weighted by Crippen LogP contribution is -2.41. The van der Waals surface area contributed by atoms with Crippen molar-refractivity contribution < 1.29 is 9.53 Å². The zero-order valence-corrected chi connectivity index (χ0v) is 11.2. The Kier molecular flexibility index (Phi) is 4.08. The largest absolute Gasteiger partial charge is 0.377 e. The summed E-state index contributed by atoms with van der Waals surface area (Å²) in [6.07, 6.45) is 7.06. The van der Waals surface area contributed by atoms with E-state index >= 15 is 0 Å². The molecule has 2 fully saturated rings. The number of nitrogens with zero attached hydrogens (tertiary/aromatic N) is 1. The molecule has 1 aliphatic heterocycles. The van der Waals surface area contributed by atoms with E-state index in [4.69, 9.17) is 4.74 Å². The summed E-state index contributed by atoms with van der Waals surface area (Å²) in [5, 5.41) is 0. The third-order valence-corrected chi connectivity index (χ3v) is 4.11. The van der Waals surface area contributed by atoms with Gasteiger partial charge in [-0.05, 0) is 26.2 Å². The van der Waals surface area contributed by atoms with Gasteiger partial charge >= 0.3 is 0 Å². The van der Waals surface area contributed by atoms with E-state index in [1.54, 1.807) is 0 Å². The molecule has 0 unspecified atom stereocenters. The van der Waals surface area contributed by atoms with Crippen LogP contribution in [0.4, 0.5) is 0 Å². The van der Waals surface area contributed by atoms with Crippen molar-refractivity contribution in [1.29, 1.82) is 0 Å². The minimum atomic E-state index is -0.189. The van der Waals surface area contributed by atoms with Crippen molar-refractivity contribution in [1.82, 2.24) is 4.90 Å². The summed E-state index contributed by atoms with van der Waals surface area (Å²) in [6.45, 7) is 6.92. The lowest BCUT2D eigenvalue weighted by atomic mass is 10.1. The topological polar surface area (TPSA) is 29.5 Å². The molecule has 0 aromatic rings. The molecule has 2 aliphatic rings. The molecule has 1 amide bonds. The lowest BCUT2D eigenvalue weighted by Gasteiger charge is -2.28. The van der Waals surface area contributed by atoms with Crippen LogP contribution in [0.1, 0.15) is 52.4 Å². The van der Waals surface area contributed by atoms with Gasteiger partial charge in [0, 0.05) is 19.7 Å². The normalized spacial score (nSPS) is 32.9. The maximum Gasteiger partial charge on any atom is 0.231 e. The molecule has 0 aromatic heterocycles. The van der Waals surface area contributed by atoms with Gasteiger partial charge in [-0.2, -0.15) is 0 Å². The number of hydrogen-bond acceptors (Lipinski definition) is 2. The fourth-order valence-corrected chi connectivity index (χ4v) is 2.68. The predicted octanol–water partition coefficient (Wildman–Crippen LogP) is 2.59. The molecule has 1 aliphatic carbocycles. The van der Waals surface area contributed by atoms with E-state index in [2.05, 4.69) is 18.7 Å². The second-order valence-electron chi connectivity index (χ2n) is 5.69. The van der Waals surface area contributed by atoms with Gasteiger partial charge in [0.1, 0.15) is 0 Å². The molecule has 1 heterocycles. The van der Waals surface area contributed by atoms with Crippen molar-refractivity contribution in [3.63, 3.8) is 0 Å². The Labute approximate surface area is 105 Å². The number of rotatable bonds is 5. The van der Waals surface area contributed by atoms with E-state index in [0.717, 1.165) is 39.0 Å². The average molecular weight is 239 g/mol. The van der Waals surface area contributed by atoms with Crippen molar-refractivity contribution in [3.05, 3.63) is 0 Å². The first-order valence-electron chi connectivity index (χ1n) is 7.09. The van der Waals surface area contributed by atoms with E-state index in [1.165, 1.54) is 19.3 Å². The van der Waals surface area contributed by atoms with Crippen LogP contribution in [0.25, 0.3) is 0 Å². The Hall–Kier alpha value is -0.570. The molecular formula is C14H25NO2. The summed E-state index contributed by atoms with van der Waals surface area (Å²) in [5.74, 6) is 0.332. The molecule has 2 atom stereocenters. The minimum absolute atomic E-state index is 0.189. The van der Waals surface area contributed by atoms with Crippen LogP contribution in [0, 0.1) is 5.41 Å². The highest BCUT2D eigenvalue weighted by atomic mass is 16.5. The van der Waals surface area contributed by atoms with Crippen LogP contribution < -0.4 is 0 Å². The van der Waals surface area contributed by atoms with Gasteiger partial charge in [-0.25, -0.2) is 0 Å². The molecule has 0 radical (unpaired) electrons. The fourth-order valence-electron chi connectivity index (χ4n) is 2.68. The van der Waals surface area contributed by atoms with Crippen molar-refractivity contribution in [3.8, 4) is 0 Å². The van der Waals surface area contributed by atoms with Crippen LogP contribution in [0.3, 0.4) is 0 Å². The highest BCUT2D eigenvalue weighted by molar-refractivity contribution is 5.86. The van der Waals surface area contributed by atoms with Crippen LogP contribution in [-0.2, 0) is 9.53 Å². The van der Waals surface area contributed by atoms with Gasteiger partial charge in [0.15, 0.2) is 0 Å². The zero-order chi connectivity index (χ0) is 12.3. The molecule has 17 heavy (non-hydrogen) atoms. The van der Waals surface area contributed by atoms with Crippen molar-refractivity contribution in [2.45, 2.75) is 58.5 Å². The first-order chi connectivity index (χ1) is 8.18. The van der Waals surface area contributed by atoms with E-state index in [0.29, 0.717) is 5.91 Å². The predicted molar refractivity (Wildman–Crippen MR) is 67.8 cm³/mol. The second-order valence-corrected chi connectivity index (χ2v) is 5.69. The standard InChI is InChI=1S/C14H25NO2/c1-3-4-5-6-8-15-9-7-10-17-12-11-14(12,2)13(15)16/h12H,3-11H2,1-2H3/t12-,14+/m0/s1. The van der Waals surface area contributed by atoms with E-state index < -0.39 is 0 Å². The smallest absolute Gasteiger partial charge is 0.231 e. The Morgan fingerprint density at radius 3 is 3.00 bits per heavy atom. The Bertz CT molecular complexity index is 279. The number of carbonyl (C=O) groups is 1. The third-order valence-electron chi connectivity index (χ3n) is 4.11. The first-order valence-corrected chi connectivity index (χ1v) is 7.09. The fraction of sp³-hybridized carbons (Fsp3) is 0.929. The Morgan fingerprint density at radius 2 is 2.24 bits per heavy atom. The van der Waals surface area contributed by atoms with Crippen LogP contribution in [-0.4, -0.2) is 36.6 Å². The Morgan fingerprint density at radius 1 is 1.41 bits per heavy atom. The van der Waals surface area contributed by atoms with Crippen molar-refractivity contribution in [2.24, 2.45) is 5.41 Å². The number of hydrogen-bond donors (Lipinski definition) is 0. The Balaban J connectivity index is 1.84. The summed E-state index contributed by atoms with van der Waals surface area (Å²) in [7, 11) is 0. The van der Waals surface area contributed by atoms with Crippen LogP contribution in [0.15, 0.2) is 0 Å². The number of fused-ring (bicyclic) bond motifs is 1. The SMILES string of the molecule is CCCCCCN1CCCO[C@H]2C[C@@]2(C)C1=O. The number of amides is 1. The summed E-state index contributed by atoms with van der Waals surface area (Å²) in [6, 6.07) is 0. The quantitative estimate of drug-likeness (QED) is 0.690. The second kappa shape index (κ2) is 5.38. The summed E-state index contributed by atoms with van der Waals surface area (Å²) < 4.78 is 5.67. The summed E-state index contributed by atoms with van der Waals surface area (Å²) >= 11 is 0. The van der Waals surface area contributed by atoms with E-state index in [1.807, 2.05) is 0 Å². The number of carbonyl (C=O) groups excluding carboxylic acids is 1. The molecule has 98 valence electrons. The molecule has 1 saturated carbocycles. The molecule has 3 nitrogen and oxygen atoms in total. The van der Waals surface area contributed by atoms with E-state index in [9.17, 15) is 4.79 Å². The molecule has 1 saturated heterocycles. The molecule has 0 spiro atoms. The summed E-state index contributed by atoms with van der Waals surface area (Å²) in [4.78, 5) is 14.5. The maximum absolute atomic E-state index is 12.4. The summed E-state index contributed by atoms with van der Waals surface area (Å²) in [5.41, 5.74) is -0.189. The van der Waals surface area contributed by atoms with Crippen LogP contribution >= 0.6 is 0 Å². The molecule has 0 N–H and O–H groups in total. The van der Waals surface area contributed by atoms with Gasteiger partial charge in [0.05, 0.1) is 11.5 Å². The lowest BCUT2D eigenvalue weighted by molar-refractivity contribution is -0.140. The van der Waals surface area contributed by atoms with Gasteiger partial charge in [0.25, 0.3) is 0 Å². The number of ether oxygens (including phenoxy) is 1. The van der Waals surface area contributed by atoms with Gasteiger partial charge in [-0.1, -0.05) is 26.2 Å². The van der Waals surface area contributed by atoms with Crippen molar-refractivity contribution in [2.75, 3.05) is 19.7 Å². The first kappa shape index (κ1) is 12.9. The average Bonchev–Trinajstić information content (AvgIpc) is 2.97. The molecule has 3 heteroatoms. The molecule has 0 aromatic carbocycles. The highest BCUT2D eigenvalue weighted by Crippen LogP contribution is 2.50. The third kappa shape index (κ3) is 2.82. The van der Waals surface area contributed by atoms with E-state index in [-0.39, 0.29) is 11.5 Å². The highest BCUT2D eigenvalue weighted by Gasteiger charge is 2.58. The molecule has 0 bridgehead atoms. The molecule has 2 rings (SSSR count). The zero-order valence-electron chi connectivity index (χ0n) is 11.2. The van der Waals surface area contributed by atoms with Crippen molar-refractivity contribution >= 4 is 5.91 Å².